The number of nitrogens with zero attached hydrogens (tertiary/aromatic N) is 3. The summed E-state index contributed by atoms with van der Waals surface area (Å²) in [6.45, 7) is 3.53. The molecule has 0 spiro atoms. The number of halogens is 3. The van der Waals surface area contributed by atoms with E-state index < -0.39 is 24.3 Å². The van der Waals surface area contributed by atoms with Gasteiger partial charge < -0.3 is 24.8 Å². The summed E-state index contributed by atoms with van der Waals surface area (Å²) in [6.07, 6.45) is -2.05. The Balaban J connectivity index is 1.57. The second-order valence-electron chi connectivity index (χ2n) is 8.33. The van der Waals surface area contributed by atoms with Gasteiger partial charge in [0.25, 0.3) is 0 Å². The first-order valence-corrected chi connectivity index (χ1v) is 11.8. The lowest BCUT2D eigenvalue weighted by atomic mass is 10.1. The molecule has 11 heteroatoms. The van der Waals surface area contributed by atoms with Gasteiger partial charge in [-0.25, -0.2) is 0 Å². The van der Waals surface area contributed by atoms with E-state index in [1.165, 1.54) is 0 Å². The molecule has 0 aliphatic heterocycles. The lowest BCUT2D eigenvalue weighted by Crippen LogP contribution is -2.23. The van der Waals surface area contributed by atoms with Crippen LogP contribution in [0.25, 0.3) is 0 Å². The molecule has 4 rings (SSSR count). The third-order valence-electron chi connectivity index (χ3n) is 5.36. The van der Waals surface area contributed by atoms with E-state index in [9.17, 15) is 13.2 Å². The van der Waals surface area contributed by atoms with Crippen LogP contribution in [-0.4, -0.2) is 40.9 Å². The molecular weight excluding hydrogens is 475 g/mol. The fourth-order valence-electron chi connectivity index (χ4n) is 3.55. The Hall–Kier alpha value is -3.76. The van der Waals surface area contributed by atoms with Crippen molar-refractivity contribution in [3.8, 4) is 17.5 Å². The summed E-state index contributed by atoms with van der Waals surface area (Å²) in [5.41, 5.74) is 1.17. The SMILES string of the molecule is CCCOc1cccc(Nc2nc(NC3(c4ccc(OCC)cc4)CC3)nc(OCC(F)(F)F)n2)c1. The first-order chi connectivity index (χ1) is 17.3. The van der Waals surface area contributed by atoms with Gasteiger partial charge in [0.05, 0.1) is 18.8 Å². The van der Waals surface area contributed by atoms with Gasteiger partial charge in [-0.3, -0.25) is 0 Å². The largest absolute Gasteiger partial charge is 0.494 e. The molecule has 2 N–H and O–H groups in total. The maximum absolute atomic E-state index is 12.8. The van der Waals surface area contributed by atoms with Gasteiger partial charge >= 0.3 is 12.2 Å². The topological polar surface area (TPSA) is 90.4 Å². The number of benzene rings is 2. The van der Waals surface area contributed by atoms with Crippen molar-refractivity contribution in [2.24, 2.45) is 0 Å². The molecule has 1 aromatic heterocycles. The molecule has 8 nitrogen and oxygen atoms in total. The lowest BCUT2D eigenvalue weighted by Gasteiger charge is -2.19. The van der Waals surface area contributed by atoms with Crippen molar-refractivity contribution in [2.45, 2.75) is 44.8 Å². The number of rotatable bonds is 12. The van der Waals surface area contributed by atoms with Crippen molar-refractivity contribution in [3.63, 3.8) is 0 Å². The van der Waals surface area contributed by atoms with E-state index >= 15 is 0 Å². The van der Waals surface area contributed by atoms with E-state index in [4.69, 9.17) is 14.2 Å². The molecule has 0 unspecified atom stereocenters. The Morgan fingerprint density at radius 2 is 1.64 bits per heavy atom. The van der Waals surface area contributed by atoms with Crippen molar-refractivity contribution in [3.05, 3.63) is 54.1 Å². The van der Waals surface area contributed by atoms with Gasteiger partial charge in [0.15, 0.2) is 6.61 Å². The average molecular weight is 504 g/mol. The van der Waals surface area contributed by atoms with E-state index in [0.29, 0.717) is 24.7 Å². The zero-order chi connectivity index (χ0) is 25.6. The van der Waals surface area contributed by atoms with Gasteiger partial charge in [-0.15, -0.1) is 0 Å². The van der Waals surface area contributed by atoms with Crippen LogP contribution in [0.3, 0.4) is 0 Å². The van der Waals surface area contributed by atoms with Gasteiger partial charge in [-0.1, -0.05) is 25.1 Å². The van der Waals surface area contributed by atoms with Gasteiger partial charge in [-0.05, 0) is 56.0 Å². The molecule has 0 bridgehead atoms. The molecule has 1 aliphatic carbocycles. The molecule has 0 amide bonds. The summed E-state index contributed by atoms with van der Waals surface area (Å²) in [4.78, 5) is 12.5. The van der Waals surface area contributed by atoms with Crippen LogP contribution in [0, 0.1) is 0 Å². The minimum Gasteiger partial charge on any atom is -0.494 e. The molecule has 2 aromatic carbocycles. The Morgan fingerprint density at radius 1 is 0.889 bits per heavy atom. The Kier molecular flexibility index (Phi) is 7.66. The molecule has 0 radical (unpaired) electrons. The van der Waals surface area contributed by atoms with Gasteiger partial charge in [0, 0.05) is 11.8 Å². The minimum atomic E-state index is -4.53. The molecule has 1 aliphatic rings. The Bertz CT molecular complexity index is 1150. The van der Waals surface area contributed by atoms with E-state index in [2.05, 4.69) is 25.6 Å². The summed E-state index contributed by atoms with van der Waals surface area (Å²) in [6, 6.07) is 14.4. The van der Waals surface area contributed by atoms with Crippen molar-refractivity contribution in [2.75, 3.05) is 30.5 Å². The number of aromatic nitrogens is 3. The Morgan fingerprint density at radius 3 is 2.31 bits per heavy atom. The highest BCUT2D eigenvalue weighted by Gasteiger charge is 2.45. The summed E-state index contributed by atoms with van der Waals surface area (Å²) in [5, 5.41) is 6.28. The van der Waals surface area contributed by atoms with Crippen molar-refractivity contribution in [1.29, 1.82) is 0 Å². The molecule has 3 aromatic rings. The zero-order valence-electron chi connectivity index (χ0n) is 20.1. The number of hydrogen-bond donors (Lipinski definition) is 2. The van der Waals surface area contributed by atoms with Crippen molar-refractivity contribution >= 4 is 17.6 Å². The number of alkyl halides is 3. The molecule has 36 heavy (non-hydrogen) atoms. The van der Waals surface area contributed by atoms with Crippen LogP contribution in [0.5, 0.6) is 17.5 Å². The highest BCUT2D eigenvalue weighted by Crippen LogP contribution is 2.48. The predicted molar refractivity (Wildman–Crippen MR) is 129 cm³/mol. The quantitative estimate of drug-likeness (QED) is 0.318. The van der Waals surface area contributed by atoms with Crippen LogP contribution in [0.4, 0.5) is 30.8 Å². The maximum atomic E-state index is 12.8. The second kappa shape index (κ2) is 10.9. The fourth-order valence-corrected chi connectivity index (χ4v) is 3.55. The number of hydrogen-bond acceptors (Lipinski definition) is 8. The van der Waals surface area contributed by atoms with E-state index in [1.54, 1.807) is 18.2 Å². The van der Waals surface area contributed by atoms with Crippen LogP contribution in [0.1, 0.15) is 38.7 Å². The third-order valence-corrected chi connectivity index (χ3v) is 5.36. The van der Waals surface area contributed by atoms with Gasteiger partial charge in [-0.2, -0.15) is 28.1 Å². The molecule has 1 heterocycles. The molecular formula is C25H28F3N5O3. The average Bonchev–Trinajstić information content (AvgIpc) is 3.62. The van der Waals surface area contributed by atoms with Crippen molar-refractivity contribution < 1.29 is 27.4 Å². The molecule has 1 saturated carbocycles. The van der Waals surface area contributed by atoms with E-state index in [0.717, 1.165) is 30.6 Å². The standard InChI is InChI=1S/C25H28F3N5O3/c1-3-14-35-20-7-5-6-18(15-20)29-21-30-22(32-23(31-21)36-16-25(26,27)28)33-24(12-13-24)17-8-10-19(11-9-17)34-4-2/h5-11,15H,3-4,12-14,16H2,1-2H3,(H2,29,30,31,32,33). The van der Waals surface area contributed by atoms with Crippen LogP contribution in [0.15, 0.2) is 48.5 Å². The zero-order valence-corrected chi connectivity index (χ0v) is 20.1. The third kappa shape index (κ3) is 6.89. The monoisotopic (exact) mass is 503 g/mol. The van der Waals surface area contributed by atoms with Crippen LogP contribution >= 0.6 is 0 Å². The highest BCUT2D eigenvalue weighted by atomic mass is 19.4. The smallest absolute Gasteiger partial charge is 0.422 e. The van der Waals surface area contributed by atoms with Crippen LogP contribution in [-0.2, 0) is 5.54 Å². The summed E-state index contributed by atoms with van der Waals surface area (Å²) in [5.74, 6) is 1.56. The van der Waals surface area contributed by atoms with Gasteiger partial charge in [0.2, 0.25) is 11.9 Å². The lowest BCUT2D eigenvalue weighted by molar-refractivity contribution is -0.154. The molecule has 0 atom stereocenters. The maximum Gasteiger partial charge on any atom is 0.422 e. The Labute approximate surface area is 207 Å². The van der Waals surface area contributed by atoms with E-state index in [-0.39, 0.29) is 11.9 Å². The first kappa shape index (κ1) is 25.3. The molecule has 192 valence electrons. The number of anilines is 3. The van der Waals surface area contributed by atoms with Crippen LogP contribution < -0.4 is 24.8 Å². The van der Waals surface area contributed by atoms with Crippen molar-refractivity contribution in [1.82, 2.24) is 15.0 Å². The molecule has 1 fully saturated rings. The fraction of sp³-hybridized carbons (Fsp3) is 0.400. The number of ether oxygens (including phenoxy) is 3. The normalized spacial score (nSPS) is 14.1. The highest BCUT2D eigenvalue weighted by molar-refractivity contribution is 5.57. The number of nitrogens with one attached hydrogen (secondary N) is 2. The van der Waals surface area contributed by atoms with Gasteiger partial charge in [0.1, 0.15) is 11.5 Å². The summed E-state index contributed by atoms with van der Waals surface area (Å²) >= 11 is 0. The first-order valence-electron chi connectivity index (χ1n) is 11.8. The predicted octanol–water partition coefficient (Wildman–Crippen LogP) is 5.85. The summed E-state index contributed by atoms with van der Waals surface area (Å²) in [7, 11) is 0. The second-order valence-corrected chi connectivity index (χ2v) is 8.33. The molecule has 0 saturated heterocycles. The minimum absolute atomic E-state index is 0.0415. The van der Waals surface area contributed by atoms with E-state index in [1.807, 2.05) is 44.2 Å². The summed E-state index contributed by atoms with van der Waals surface area (Å²) < 4.78 is 54.3. The van der Waals surface area contributed by atoms with Crippen LogP contribution in [0.2, 0.25) is 0 Å².